The molecule has 0 spiro atoms. The van der Waals surface area contributed by atoms with Crippen molar-refractivity contribution in [3.05, 3.63) is 90.1 Å². The molecule has 2 amide bonds. The molecule has 186 valence electrons. The fourth-order valence-electron chi connectivity index (χ4n) is 4.40. The lowest BCUT2D eigenvalue weighted by Crippen LogP contribution is -2.43. The van der Waals surface area contributed by atoms with E-state index in [9.17, 15) is 9.59 Å². The summed E-state index contributed by atoms with van der Waals surface area (Å²) in [5.41, 5.74) is 10.2. The van der Waals surface area contributed by atoms with E-state index in [0.29, 0.717) is 13.0 Å². The van der Waals surface area contributed by atoms with Gasteiger partial charge in [-0.1, -0.05) is 36.4 Å². The van der Waals surface area contributed by atoms with Gasteiger partial charge >= 0.3 is 0 Å². The van der Waals surface area contributed by atoms with Gasteiger partial charge in [0.15, 0.2) is 0 Å². The van der Waals surface area contributed by atoms with Gasteiger partial charge in [0.2, 0.25) is 5.91 Å². The van der Waals surface area contributed by atoms with Gasteiger partial charge in [-0.3, -0.25) is 14.5 Å². The summed E-state index contributed by atoms with van der Waals surface area (Å²) in [5, 5.41) is 1.12. The van der Waals surface area contributed by atoms with Crippen LogP contribution in [-0.4, -0.2) is 48.4 Å². The summed E-state index contributed by atoms with van der Waals surface area (Å²) in [6.45, 7) is 2.53. The molecule has 0 fully saturated rings. The van der Waals surface area contributed by atoms with E-state index >= 15 is 0 Å². The number of nitrogens with one attached hydrogen (secondary N) is 1. The minimum atomic E-state index is -0.196. The Hall–Kier alpha value is -4.10. The van der Waals surface area contributed by atoms with E-state index in [1.165, 1.54) is 0 Å². The first kappa shape index (κ1) is 25.0. The van der Waals surface area contributed by atoms with Crippen LogP contribution in [0.5, 0.6) is 5.75 Å². The molecule has 4 rings (SSSR count). The Morgan fingerprint density at radius 2 is 1.72 bits per heavy atom. The van der Waals surface area contributed by atoms with Crippen molar-refractivity contribution >= 4 is 34.1 Å². The van der Waals surface area contributed by atoms with Crippen molar-refractivity contribution in [1.82, 2.24) is 9.88 Å². The van der Waals surface area contributed by atoms with E-state index in [0.717, 1.165) is 39.2 Å². The summed E-state index contributed by atoms with van der Waals surface area (Å²) in [6, 6.07) is 23.1. The van der Waals surface area contributed by atoms with Crippen LogP contribution in [0.1, 0.15) is 17.5 Å². The van der Waals surface area contributed by atoms with Gasteiger partial charge in [-0.15, -0.1) is 0 Å². The third-order valence-corrected chi connectivity index (χ3v) is 6.27. The van der Waals surface area contributed by atoms with Crippen LogP contribution in [0.4, 0.5) is 11.4 Å². The number of carbonyl (C=O) groups is 2. The van der Waals surface area contributed by atoms with Crippen molar-refractivity contribution in [2.75, 3.05) is 31.6 Å². The lowest BCUT2D eigenvalue weighted by Gasteiger charge is -2.29. The number of fused-ring (bicyclic) bond motifs is 1. The number of hydrogen-bond donors (Lipinski definition) is 2. The zero-order valence-electron chi connectivity index (χ0n) is 20.7. The maximum Gasteiger partial charge on any atom is 0.251 e. The molecule has 7 heteroatoms. The fourth-order valence-corrected chi connectivity index (χ4v) is 4.40. The molecule has 0 saturated carbocycles. The van der Waals surface area contributed by atoms with Gasteiger partial charge in [-0.2, -0.15) is 0 Å². The first-order valence-corrected chi connectivity index (χ1v) is 12.1. The molecule has 3 aromatic carbocycles. The highest BCUT2D eigenvalue weighted by molar-refractivity contribution is 6.03. The van der Waals surface area contributed by atoms with Crippen molar-refractivity contribution in [2.45, 2.75) is 19.8 Å². The Morgan fingerprint density at radius 1 is 0.972 bits per heavy atom. The topological polar surface area (TPSA) is 91.7 Å². The number of nitrogens with zero attached hydrogens (tertiary/aromatic N) is 2. The van der Waals surface area contributed by atoms with E-state index in [1.807, 2.05) is 79.9 Å². The van der Waals surface area contributed by atoms with Gasteiger partial charge < -0.3 is 20.4 Å². The third-order valence-electron chi connectivity index (χ3n) is 6.27. The number of benzene rings is 3. The number of amides is 2. The van der Waals surface area contributed by atoms with Gasteiger partial charge in [0.25, 0.3) is 5.91 Å². The highest BCUT2D eigenvalue weighted by atomic mass is 16.5. The molecular weight excluding hydrogens is 452 g/mol. The fraction of sp³-hybridized carbons (Fsp3) is 0.241. The average molecular weight is 485 g/mol. The van der Waals surface area contributed by atoms with Crippen LogP contribution in [0.25, 0.3) is 10.9 Å². The maximum atomic E-state index is 13.8. The number of aryl methyl sites for hydroxylation is 1. The first-order valence-electron chi connectivity index (χ1n) is 12.1. The first-order chi connectivity index (χ1) is 17.5. The van der Waals surface area contributed by atoms with Crippen LogP contribution in [0.3, 0.4) is 0 Å². The van der Waals surface area contributed by atoms with Crippen LogP contribution in [-0.2, 0) is 16.0 Å². The van der Waals surface area contributed by atoms with Crippen molar-refractivity contribution < 1.29 is 14.3 Å². The molecule has 7 nitrogen and oxygen atoms in total. The molecule has 0 saturated heterocycles. The summed E-state index contributed by atoms with van der Waals surface area (Å²) in [5.74, 6) is 0.388. The number of aromatic nitrogens is 1. The van der Waals surface area contributed by atoms with Gasteiger partial charge in [0, 0.05) is 42.3 Å². The number of hydrogen-bond acceptors (Lipinski definition) is 4. The molecule has 1 heterocycles. The van der Waals surface area contributed by atoms with Gasteiger partial charge in [0.05, 0.1) is 12.8 Å². The van der Waals surface area contributed by atoms with Crippen LogP contribution in [0.2, 0.25) is 0 Å². The molecule has 0 aliphatic rings. The number of H-pyrrole nitrogens is 1. The molecule has 0 radical (unpaired) electrons. The minimum absolute atomic E-state index is 0.0540. The summed E-state index contributed by atoms with van der Waals surface area (Å²) in [7, 11) is 1.61. The minimum Gasteiger partial charge on any atom is -0.497 e. The second kappa shape index (κ2) is 11.6. The zero-order chi connectivity index (χ0) is 25.5. The molecule has 0 aliphatic heterocycles. The molecule has 0 atom stereocenters. The Kier molecular flexibility index (Phi) is 8.02. The van der Waals surface area contributed by atoms with Gasteiger partial charge in [-0.25, -0.2) is 0 Å². The normalized spacial score (nSPS) is 10.9. The molecule has 0 unspecified atom stereocenters. The summed E-state index contributed by atoms with van der Waals surface area (Å²) in [4.78, 5) is 33.4. The molecular formula is C29H32N4O3. The second-order valence-electron chi connectivity index (χ2n) is 8.68. The SMILES string of the molecule is COc1ccc(N(C(=O)CN(CCc2c[nH]c3ccccc23)C(=O)CCN)c2ccccc2)c(C)c1. The van der Waals surface area contributed by atoms with Crippen molar-refractivity contribution in [2.24, 2.45) is 5.73 Å². The summed E-state index contributed by atoms with van der Waals surface area (Å²) in [6.07, 6.45) is 2.78. The van der Waals surface area contributed by atoms with E-state index in [-0.39, 0.29) is 31.3 Å². The summed E-state index contributed by atoms with van der Waals surface area (Å²) < 4.78 is 5.35. The smallest absolute Gasteiger partial charge is 0.251 e. The zero-order valence-corrected chi connectivity index (χ0v) is 20.7. The van der Waals surface area contributed by atoms with E-state index in [1.54, 1.807) is 16.9 Å². The van der Waals surface area contributed by atoms with Crippen molar-refractivity contribution in [1.29, 1.82) is 0 Å². The number of rotatable bonds is 10. The van der Waals surface area contributed by atoms with E-state index < -0.39 is 0 Å². The Labute approximate surface area is 211 Å². The molecule has 3 N–H and O–H groups in total. The van der Waals surface area contributed by atoms with E-state index in [4.69, 9.17) is 10.5 Å². The predicted octanol–water partition coefficient (Wildman–Crippen LogP) is 4.57. The molecule has 0 bridgehead atoms. The van der Waals surface area contributed by atoms with Crippen LogP contribution >= 0.6 is 0 Å². The highest BCUT2D eigenvalue weighted by Gasteiger charge is 2.25. The predicted molar refractivity (Wildman–Crippen MR) is 144 cm³/mol. The number of para-hydroxylation sites is 2. The Bertz CT molecular complexity index is 1330. The molecule has 1 aromatic heterocycles. The summed E-state index contributed by atoms with van der Waals surface area (Å²) >= 11 is 0. The number of nitrogens with two attached hydrogens (primary N) is 1. The van der Waals surface area contributed by atoms with Crippen LogP contribution < -0.4 is 15.4 Å². The second-order valence-corrected chi connectivity index (χ2v) is 8.68. The molecule has 0 aliphatic carbocycles. The maximum absolute atomic E-state index is 13.8. The average Bonchev–Trinajstić information content (AvgIpc) is 3.31. The van der Waals surface area contributed by atoms with E-state index in [2.05, 4.69) is 11.1 Å². The Balaban J connectivity index is 1.61. The lowest BCUT2D eigenvalue weighted by atomic mass is 10.1. The number of aromatic amines is 1. The molecule has 36 heavy (non-hydrogen) atoms. The quantitative estimate of drug-likeness (QED) is 0.345. The lowest BCUT2D eigenvalue weighted by molar-refractivity contribution is -0.134. The van der Waals surface area contributed by atoms with Crippen LogP contribution in [0, 0.1) is 6.92 Å². The number of anilines is 2. The largest absolute Gasteiger partial charge is 0.497 e. The number of methoxy groups -OCH3 is 1. The number of ether oxygens (including phenoxy) is 1. The van der Waals surface area contributed by atoms with Crippen molar-refractivity contribution in [3.63, 3.8) is 0 Å². The number of carbonyl (C=O) groups excluding carboxylic acids is 2. The van der Waals surface area contributed by atoms with Crippen LogP contribution in [0.15, 0.2) is 79.0 Å². The highest BCUT2D eigenvalue weighted by Crippen LogP contribution is 2.31. The standard InChI is InChI=1S/C29H32N4O3/c1-21-18-24(36-2)12-13-27(21)33(23-8-4-3-5-9-23)29(35)20-32(28(34)14-16-30)17-15-22-19-31-26-11-7-6-10-25(22)26/h3-13,18-19,31H,14-17,20,30H2,1-2H3. The monoisotopic (exact) mass is 484 g/mol. The third kappa shape index (κ3) is 5.58. The van der Waals surface area contributed by atoms with Gasteiger partial charge in [-0.05, 0) is 60.9 Å². The molecule has 4 aromatic rings. The van der Waals surface area contributed by atoms with Crippen molar-refractivity contribution in [3.8, 4) is 5.75 Å². The Morgan fingerprint density at radius 3 is 2.44 bits per heavy atom. The van der Waals surface area contributed by atoms with Gasteiger partial charge in [0.1, 0.15) is 12.3 Å².